The Hall–Kier alpha value is -3.29. The van der Waals surface area contributed by atoms with Crippen LogP contribution in [0.4, 0.5) is 0 Å². The number of hydrogen-bond acceptors (Lipinski definition) is 3. The third kappa shape index (κ3) is 4.95. The van der Waals surface area contributed by atoms with E-state index in [0.717, 1.165) is 15.4 Å². The third-order valence-corrected chi connectivity index (χ3v) is 6.11. The lowest BCUT2D eigenvalue weighted by molar-refractivity contribution is -0.682. The fourth-order valence-electron chi connectivity index (χ4n) is 3.97. The molecule has 0 saturated heterocycles. The minimum Gasteiger partial charge on any atom is -1.00 e. The predicted molar refractivity (Wildman–Crippen MR) is 129 cm³/mol. The van der Waals surface area contributed by atoms with Gasteiger partial charge in [0, 0.05) is 21.0 Å². The standard InChI is InChI=1S/C27H20BrN2O3.BrH/c28-22-12-10-19(11-13-22)24(31)17-29-14-15-30(18-29)26(20-6-2-1-3-7-20)23-16-21-8-4-5-9-25(21)33-27(23)32;/h1-16,18,26H,17H2;1H/q+1;/p-1. The summed E-state index contributed by atoms with van der Waals surface area (Å²) in [7, 11) is 0. The highest BCUT2D eigenvalue weighted by atomic mass is 79.9. The van der Waals surface area contributed by atoms with Crippen LogP contribution in [-0.2, 0) is 6.54 Å². The highest BCUT2D eigenvalue weighted by Gasteiger charge is 2.26. The lowest BCUT2D eigenvalue weighted by Crippen LogP contribution is -3.00. The number of hydrogen-bond donors (Lipinski definition) is 0. The van der Waals surface area contributed by atoms with Gasteiger partial charge in [-0.2, -0.15) is 0 Å². The van der Waals surface area contributed by atoms with E-state index in [9.17, 15) is 9.59 Å². The number of benzene rings is 3. The van der Waals surface area contributed by atoms with Crippen molar-refractivity contribution in [3.63, 3.8) is 0 Å². The maximum atomic E-state index is 13.0. The monoisotopic (exact) mass is 578 g/mol. The molecular formula is C27H20Br2N2O3. The van der Waals surface area contributed by atoms with Crippen molar-refractivity contribution >= 4 is 32.7 Å². The van der Waals surface area contributed by atoms with Crippen molar-refractivity contribution in [2.24, 2.45) is 0 Å². The molecule has 34 heavy (non-hydrogen) atoms. The van der Waals surface area contributed by atoms with E-state index in [1.54, 1.807) is 18.2 Å². The molecule has 5 nitrogen and oxygen atoms in total. The SMILES string of the molecule is O=C(C[n+]1ccn(C(c2ccccc2)c2cc3ccccc3oc2=O)c1)c1ccc(Br)cc1.[Br-]. The Morgan fingerprint density at radius 1 is 0.971 bits per heavy atom. The Balaban J connectivity index is 0.00000274. The number of Topliss-reactive ketones (excluding diaryl/α,β-unsaturated/α-hetero) is 1. The van der Waals surface area contributed by atoms with Crippen LogP contribution in [0, 0.1) is 0 Å². The molecule has 0 aliphatic carbocycles. The van der Waals surface area contributed by atoms with E-state index >= 15 is 0 Å². The second-order valence-corrected chi connectivity index (χ2v) is 8.72. The minimum absolute atomic E-state index is 0. The van der Waals surface area contributed by atoms with Gasteiger partial charge >= 0.3 is 5.63 Å². The molecule has 170 valence electrons. The summed E-state index contributed by atoms with van der Waals surface area (Å²) in [4.78, 5) is 25.7. The summed E-state index contributed by atoms with van der Waals surface area (Å²) in [5.74, 6) is 0.00623. The van der Waals surface area contributed by atoms with Crippen molar-refractivity contribution in [3.05, 3.63) is 135 Å². The van der Waals surface area contributed by atoms with Gasteiger partial charge in [0.25, 0.3) is 0 Å². The Morgan fingerprint density at radius 3 is 2.44 bits per heavy atom. The Morgan fingerprint density at radius 2 is 1.68 bits per heavy atom. The van der Waals surface area contributed by atoms with Gasteiger partial charge in [0.15, 0.2) is 12.6 Å². The van der Waals surface area contributed by atoms with Gasteiger partial charge in [0.05, 0.1) is 5.56 Å². The van der Waals surface area contributed by atoms with Gasteiger partial charge in [-0.1, -0.05) is 76.6 Å². The zero-order chi connectivity index (χ0) is 22.8. The maximum Gasteiger partial charge on any atom is 0.344 e. The van der Waals surface area contributed by atoms with Crippen molar-refractivity contribution in [1.29, 1.82) is 0 Å². The van der Waals surface area contributed by atoms with Crippen LogP contribution in [0.3, 0.4) is 0 Å². The Bertz CT molecular complexity index is 1490. The third-order valence-electron chi connectivity index (χ3n) is 5.58. The quantitative estimate of drug-likeness (QED) is 0.176. The van der Waals surface area contributed by atoms with Gasteiger partial charge in [-0.25, -0.2) is 13.9 Å². The second kappa shape index (κ2) is 10.3. The number of aromatic nitrogens is 2. The first-order chi connectivity index (χ1) is 16.1. The number of ketones is 1. The molecule has 0 spiro atoms. The largest absolute Gasteiger partial charge is 1.00 e. The van der Waals surface area contributed by atoms with Crippen molar-refractivity contribution in [1.82, 2.24) is 4.57 Å². The summed E-state index contributed by atoms with van der Waals surface area (Å²) >= 11 is 3.39. The summed E-state index contributed by atoms with van der Waals surface area (Å²) in [6, 6.07) is 26.1. The van der Waals surface area contributed by atoms with Crippen LogP contribution in [-0.4, -0.2) is 10.4 Å². The summed E-state index contributed by atoms with van der Waals surface area (Å²) in [5, 5.41) is 0.860. The van der Waals surface area contributed by atoms with Crippen LogP contribution in [0.1, 0.15) is 27.5 Å². The smallest absolute Gasteiger partial charge is 0.344 e. The molecule has 2 aromatic heterocycles. The number of carbonyl (C=O) groups is 1. The second-order valence-electron chi connectivity index (χ2n) is 7.80. The van der Waals surface area contributed by atoms with Crippen LogP contribution < -0.4 is 27.2 Å². The molecule has 0 radical (unpaired) electrons. The Labute approximate surface area is 215 Å². The highest BCUT2D eigenvalue weighted by molar-refractivity contribution is 9.10. The lowest BCUT2D eigenvalue weighted by atomic mass is 9.99. The summed E-state index contributed by atoms with van der Waals surface area (Å²) in [6.07, 6.45) is 5.57. The van der Waals surface area contributed by atoms with Crippen LogP contribution >= 0.6 is 15.9 Å². The lowest BCUT2D eigenvalue weighted by Gasteiger charge is -2.14. The molecule has 0 bridgehead atoms. The fourth-order valence-corrected chi connectivity index (χ4v) is 4.23. The van der Waals surface area contributed by atoms with E-state index in [2.05, 4.69) is 15.9 Å². The first kappa shape index (κ1) is 23.9. The number of nitrogens with zero attached hydrogens (tertiary/aromatic N) is 2. The molecule has 7 heteroatoms. The molecule has 0 N–H and O–H groups in total. The number of fused-ring (bicyclic) bond motifs is 1. The predicted octanol–water partition coefficient (Wildman–Crippen LogP) is 2.17. The van der Waals surface area contributed by atoms with Gasteiger partial charge < -0.3 is 21.4 Å². The van der Waals surface area contributed by atoms with Crippen molar-refractivity contribution in [2.45, 2.75) is 12.6 Å². The number of rotatable bonds is 6. The summed E-state index contributed by atoms with van der Waals surface area (Å²) in [6.45, 7) is 0.197. The van der Waals surface area contributed by atoms with E-state index in [4.69, 9.17) is 4.42 Å². The molecule has 1 atom stereocenters. The van der Waals surface area contributed by atoms with Crippen LogP contribution in [0.5, 0.6) is 0 Å². The molecule has 5 aromatic rings. The van der Waals surface area contributed by atoms with E-state index in [1.165, 1.54) is 0 Å². The van der Waals surface area contributed by atoms with Crippen molar-refractivity contribution < 1.29 is 30.8 Å². The van der Waals surface area contributed by atoms with Crippen LogP contribution in [0.25, 0.3) is 11.0 Å². The minimum atomic E-state index is -0.393. The van der Waals surface area contributed by atoms with E-state index in [-0.39, 0.29) is 34.9 Å². The number of imidazole rings is 1. The summed E-state index contributed by atoms with van der Waals surface area (Å²) < 4.78 is 10.3. The topological polar surface area (TPSA) is 56.1 Å². The van der Waals surface area contributed by atoms with Gasteiger partial charge in [-0.15, -0.1) is 0 Å². The maximum absolute atomic E-state index is 13.0. The van der Waals surface area contributed by atoms with Gasteiger partial charge in [-0.3, -0.25) is 4.79 Å². The average molecular weight is 580 g/mol. The zero-order valence-electron chi connectivity index (χ0n) is 18.0. The number of carbonyl (C=O) groups excluding carboxylic acids is 1. The Kier molecular flexibility index (Phi) is 7.24. The molecule has 3 aromatic carbocycles. The van der Waals surface area contributed by atoms with E-state index < -0.39 is 6.04 Å². The molecule has 0 aliphatic rings. The first-order valence-electron chi connectivity index (χ1n) is 10.5. The highest BCUT2D eigenvalue weighted by Crippen LogP contribution is 2.26. The number of halogens is 2. The number of para-hydroxylation sites is 1. The molecule has 0 amide bonds. The van der Waals surface area contributed by atoms with E-state index in [0.29, 0.717) is 16.7 Å². The fraction of sp³-hybridized carbons (Fsp3) is 0.0741. The van der Waals surface area contributed by atoms with Gasteiger partial charge in [0.1, 0.15) is 18.0 Å². The summed E-state index contributed by atoms with van der Waals surface area (Å²) in [5.41, 5.74) is 2.30. The van der Waals surface area contributed by atoms with Crippen molar-refractivity contribution in [2.75, 3.05) is 0 Å². The molecule has 0 aliphatic heterocycles. The molecule has 2 heterocycles. The normalized spacial score (nSPS) is 11.7. The average Bonchev–Trinajstić information content (AvgIpc) is 3.28. The first-order valence-corrected chi connectivity index (χ1v) is 11.3. The van der Waals surface area contributed by atoms with Crippen LogP contribution in [0.2, 0.25) is 0 Å². The molecule has 5 rings (SSSR count). The molecule has 0 saturated carbocycles. The molecule has 1 unspecified atom stereocenters. The molecular weight excluding hydrogens is 560 g/mol. The van der Waals surface area contributed by atoms with E-state index in [1.807, 2.05) is 94.6 Å². The van der Waals surface area contributed by atoms with Gasteiger partial charge in [-0.05, 0) is 24.3 Å². The van der Waals surface area contributed by atoms with Crippen LogP contribution in [0.15, 0.2) is 117 Å². The van der Waals surface area contributed by atoms with Gasteiger partial charge in [0.2, 0.25) is 12.1 Å². The zero-order valence-corrected chi connectivity index (χ0v) is 21.1. The molecule has 0 fully saturated rings. The van der Waals surface area contributed by atoms with Crippen molar-refractivity contribution in [3.8, 4) is 0 Å².